The van der Waals surface area contributed by atoms with Crippen LogP contribution in [0.15, 0.2) is 54.4 Å². The number of nitrogens with zero attached hydrogens (tertiary/aromatic N) is 7. The number of alkyl halides is 1. The highest BCUT2D eigenvalue weighted by atomic mass is 35.5. The molecule has 1 fully saturated rings. The third-order valence-electron chi connectivity index (χ3n) is 9.26. The molecule has 0 radical (unpaired) electrons. The van der Waals surface area contributed by atoms with Gasteiger partial charge in [-0.1, -0.05) is 35.3 Å². The van der Waals surface area contributed by atoms with E-state index in [1.807, 2.05) is 18.2 Å². The van der Waals surface area contributed by atoms with Gasteiger partial charge in [0.1, 0.15) is 11.7 Å². The van der Waals surface area contributed by atoms with Crippen LogP contribution in [0.3, 0.4) is 0 Å². The summed E-state index contributed by atoms with van der Waals surface area (Å²) in [7, 11) is 2.09. The minimum atomic E-state index is -1.04. The molecule has 2 unspecified atom stereocenters. The van der Waals surface area contributed by atoms with E-state index < -0.39 is 18.1 Å². The number of amides is 1. The largest absolute Gasteiger partial charge is 0.396 e. The smallest absolute Gasteiger partial charge is 0.257 e. The minimum absolute atomic E-state index is 0.164. The maximum Gasteiger partial charge on any atom is 0.257 e. The summed E-state index contributed by atoms with van der Waals surface area (Å²) >= 11 is 15.1. The maximum atomic E-state index is 14.4. The van der Waals surface area contributed by atoms with Crippen LogP contribution in [-0.4, -0.2) is 86.2 Å². The summed E-state index contributed by atoms with van der Waals surface area (Å²) < 4.78 is 17.6. The minimum Gasteiger partial charge on any atom is -0.396 e. The highest BCUT2D eigenvalue weighted by Crippen LogP contribution is 2.40. The third kappa shape index (κ3) is 6.49. The average Bonchev–Trinajstić information content (AvgIpc) is 3.89. The van der Waals surface area contributed by atoms with Gasteiger partial charge in [0.15, 0.2) is 11.2 Å². The second-order valence-corrected chi connectivity index (χ2v) is 14.0. The molecule has 47 heavy (non-hydrogen) atoms. The number of halogens is 3. The number of anilines is 2. The SMILES string of the molecule is CN(CCN1CCC(CO)CC1)c1ccc(-c2cc(Cl)c3cn(C(C(=O)Nc4nccs4)c4ncn5c4CC(F)C5)nc3c2Cl)cc1. The zero-order chi connectivity index (χ0) is 32.7. The molecule has 2 aliphatic rings. The molecule has 2 atom stereocenters. The van der Waals surface area contributed by atoms with E-state index in [4.69, 9.17) is 28.3 Å². The fraction of sp³-hybridized carbons (Fsp3) is 0.394. The van der Waals surface area contributed by atoms with Gasteiger partial charge in [-0.15, -0.1) is 11.3 Å². The fourth-order valence-electron chi connectivity index (χ4n) is 6.52. The van der Waals surface area contributed by atoms with Crippen LogP contribution in [0.1, 0.15) is 30.3 Å². The van der Waals surface area contributed by atoms with E-state index in [1.54, 1.807) is 28.7 Å². The first-order chi connectivity index (χ1) is 22.8. The van der Waals surface area contributed by atoms with Crippen molar-refractivity contribution in [3.63, 3.8) is 0 Å². The van der Waals surface area contributed by atoms with Gasteiger partial charge in [0, 0.05) is 73.3 Å². The Kier molecular flexibility index (Phi) is 9.21. The monoisotopic (exact) mass is 696 g/mol. The van der Waals surface area contributed by atoms with Crippen LogP contribution in [0.2, 0.25) is 10.0 Å². The molecule has 1 saturated heterocycles. The quantitative estimate of drug-likeness (QED) is 0.187. The molecule has 0 saturated carbocycles. The van der Waals surface area contributed by atoms with E-state index in [0.29, 0.717) is 43.4 Å². The van der Waals surface area contributed by atoms with Gasteiger partial charge in [-0.2, -0.15) is 5.10 Å². The Bertz CT molecular complexity index is 1870. The van der Waals surface area contributed by atoms with Crippen molar-refractivity contribution < 1.29 is 14.3 Å². The topological polar surface area (TPSA) is 104 Å². The number of thiazole rings is 1. The molecule has 0 bridgehead atoms. The van der Waals surface area contributed by atoms with Crippen LogP contribution < -0.4 is 10.2 Å². The number of imidazole rings is 1. The van der Waals surface area contributed by atoms with Gasteiger partial charge in [-0.3, -0.25) is 14.8 Å². The van der Waals surface area contributed by atoms with Gasteiger partial charge in [-0.05, 0) is 55.6 Å². The summed E-state index contributed by atoms with van der Waals surface area (Å²) in [5, 5.41) is 20.7. The zero-order valence-corrected chi connectivity index (χ0v) is 28.1. The van der Waals surface area contributed by atoms with Crippen molar-refractivity contribution in [3.05, 3.63) is 75.9 Å². The van der Waals surface area contributed by atoms with Crippen LogP contribution in [0, 0.1) is 5.92 Å². The van der Waals surface area contributed by atoms with Crippen molar-refractivity contribution in [2.45, 2.75) is 38.0 Å². The van der Waals surface area contributed by atoms with Crippen molar-refractivity contribution in [3.8, 4) is 11.1 Å². The number of carbonyl (C=O) groups is 1. The number of aliphatic hydroxyl groups is 1. The number of piperidine rings is 1. The molecule has 2 N–H and O–H groups in total. The van der Waals surface area contributed by atoms with E-state index in [9.17, 15) is 14.3 Å². The third-order valence-corrected chi connectivity index (χ3v) is 10.6. The van der Waals surface area contributed by atoms with Gasteiger partial charge < -0.3 is 19.5 Å². The summed E-state index contributed by atoms with van der Waals surface area (Å²) in [6.07, 6.45) is 6.08. The summed E-state index contributed by atoms with van der Waals surface area (Å²) in [5.74, 6) is 0.0286. The predicted octanol–water partition coefficient (Wildman–Crippen LogP) is 5.93. The number of aliphatic hydroxyl groups excluding tert-OH is 1. The summed E-state index contributed by atoms with van der Waals surface area (Å²) in [6.45, 7) is 4.39. The number of carbonyl (C=O) groups excluding carboxylic acids is 1. The molecule has 10 nitrogen and oxygen atoms in total. The molecular weight excluding hydrogens is 662 g/mol. The molecule has 7 rings (SSSR count). The molecule has 2 aliphatic heterocycles. The Morgan fingerprint density at radius 3 is 2.72 bits per heavy atom. The molecular formula is C33H35Cl2FN8O2S. The van der Waals surface area contributed by atoms with E-state index in [1.165, 1.54) is 16.0 Å². The number of likely N-dealkylation sites (tertiary alicyclic amines) is 1. The number of aromatic nitrogens is 5. The fourth-order valence-corrected chi connectivity index (χ4v) is 7.60. The maximum absolute atomic E-state index is 14.4. The summed E-state index contributed by atoms with van der Waals surface area (Å²) in [6, 6.07) is 8.99. The highest BCUT2D eigenvalue weighted by molar-refractivity contribution is 7.13. The Hall–Kier alpha value is -3.55. The van der Waals surface area contributed by atoms with Gasteiger partial charge in [0.25, 0.3) is 5.91 Å². The van der Waals surface area contributed by atoms with E-state index >= 15 is 0 Å². The predicted molar refractivity (Wildman–Crippen MR) is 184 cm³/mol. The van der Waals surface area contributed by atoms with Crippen LogP contribution in [0.25, 0.3) is 22.0 Å². The molecule has 0 spiro atoms. The first-order valence-corrected chi connectivity index (χ1v) is 17.3. The molecule has 2 aromatic carbocycles. The summed E-state index contributed by atoms with van der Waals surface area (Å²) in [4.78, 5) is 27.1. The van der Waals surface area contributed by atoms with E-state index in [0.717, 1.165) is 55.8 Å². The number of likely N-dealkylation sites (N-methyl/N-ethyl adjacent to an activating group) is 1. The average molecular weight is 698 g/mol. The second-order valence-electron chi connectivity index (χ2n) is 12.3. The molecule has 5 heterocycles. The Balaban J connectivity index is 1.15. The number of nitrogens with one attached hydrogen (secondary N) is 1. The molecule has 14 heteroatoms. The number of hydrogen-bond donors (Lipinski definition) is 2. The number of hydrogen-bond acceptors (Lipinski definition) is 8. The normalized spacial score (nSPS) is 17.7. The van der Waals surface area contributed by atoms with Crippen molar-refractivity contribution in [2.24, 2.45) is 5.92 Å². The number of fused-ring (bicyclic) bond motifs is 2. The van der Waals surface area contributed by atoms with E-state index in [-0.39, 0.29) is 19.6 Å². The Morgan fingerprint density at radius 2 is 2.00 bits per heavy atom. The van der Waals surface area contributed by atoms with Crippen LogP contribution >= 0.6 is 34.5 Å². The van der Waals surface area contributed by atoms with Crippen molar-refractivity contribution in [1.82, 2.24) is 29.2 Å². The lowest BCUT2D eigenvalue weighted by Gasteiger charge is -2.32. The number of rotatable bonds is 10. The first-order valence-electron chi connectivity index (χ1n) is 15.7. The molecule has 246 valence electrons. The first kappa shape index (κ1) is 32.0. The molecule has 5 aromatic rings. The lowest BCUT2D eigenvalue weighted by molar-refractivity contribution is -0.118. The van der Waals surface area contributed by atoms with Crippen LogP contribution in [0.5, 0.6) is 0 Å². The van der Waals surface area contributed by atoms with Crippen LogP contribution in [-0.2, 0) is 17.8 Å². The van der Waals surface area contributed by atoms with E-state index in [2.05, 4.69) is 44.3 Å². The van der Waals surface area contributed by atoms with Gasteiger partial charge in [-0.25, -0.2) is 14.4 Å². The Labute approximate surface area is 285 Å². The van der Waals surface area contributed by atoms with Gasteiger partial charge >= 0.3 is 0 Å². The second kappa shape index (κ2) is 13.5. The lowest BCUT2D eigenvalue weighted by Crippen LogP contribution is -2.39. The standard InChI is InChI=1S/C33H35Cl2FN8O2S/c1-41(11-12-42-9-6-20(18-45)7-10-42)23-4-2-21(3-5-23)24-15-26(34)25-17-44(40-29(25)28(24)35)31(32(46)39-33-37-8-13-47-33)30-27-14-22(36)16-43(27)19-38-30/h2-5,8,13,15,17,19-20,22,31,45H,6-7,9-12,14,16,18H2,1H3,(H,37,39,46). The number of benzene rings is 2. The Morgan fingerprint density at radius 1 is 1.21 bits per heavy atom. The van der Waals surface area contributed by atoms with Gasteiger partial charge in [0.2, 0.25) is 0 Å². The molecule has 3 aromatic heterocycles. The molecule has 1 amide bonds. The zero-order valence-electron chi connectivity index (χ0n) is 25.8. The van der Waals surface area contributed by atoms with Crippen molar-refractivity contribution >= 4 is 62.2 Å². The van der Waals surface area contributed by atoms with Crippen molar-refractivity contribution in [2.75, 3.05) is 50.1 Å². The molecule has 0 aliphatic carbocycles. The van der Waals surface area contributed by atoms with Crippen LogP contribution in [0.4, 0.5) is 15.2 Å². The van der Waals surface area contributed by atoms with Gasteiger partial charge in [0.05, 0.1) is 28.6 Å². The van der Waals surface area contributed by atoms with Crippen molar-refractivity contribution in [1.29, 1.82) is 0 Å². The lowest BCUT2D eigenvalue weighted by atomic mass is 9.98. The summed E-state index contributed by atoms with van der Waals surface area (Å²) in [5.41, 5.74) is 4.23. The highest BCUT2D eigenvalue weighted by Gasteiger charge is 2.34.